The van der Waals surface area contributed by atoms with Crippen molar-refractivity contribution in [1.29, 1.82) is 0 Å². The third kappa shape index (κ3) is 7.06. The van der Waals surface area contributed by atoms with Crippen LogP contribution in [-0.2, 0) is 17.8 Å². The van der Waals surface area contributed by atoms with Gasteiger partial charge in [-0.15, -0.1) is 24.8 Å². The highest BCUT2D eigenvalue weighted by Gasteiger charge is 2.24. The van der Waals surface area contributed by atoms with E-state index in [0.29, 0.717) is 18.9 Å². The molecule has 3 N–H and O–H groups in total. The van der Waals surface area contributed by atoms with E-state index in [2.05, 4.69) is 34.5 Å². The molecule has 4 nitrogen and oxygen atoms in total. The quantitative estimate of drug-likeness (QED) is 0.683. The molecule has 1 saturated heterocycles. The molecule has 0 spiro atoms. The van der Waals surface area contributed by atoms with Crippen molar-refractivity contribution in [3.8, 4) is 0 Å². The van der Waals surface area contributed by atoms with E-state index in [4.69, 9.17) is 5.73 Å². The standard InChI is InChI=1S/C21H27N3O.2ClH/c22-20-11-5-4-9-18(20)12-13-21(25)23-15-19-10-6-14-24(19)16-17-7-2-1-3-8-17;;/h1-5,7-9,11,19H,6,10,12-16,22H2,(H,23,25);2*1H. The summed E-state index contributed by atoms with van der Waals surface area (Å²) in [6.07, 6.45) is 3.53. The number of nitrogens with zero attached hydrogens (tertiary/aromatic N) is 1. The van der Waals surface area contributed by atoms with Crippen LogP contribution in [0.4, 0.5) is 5.69 Å². The second kappa shape index (κ2) is 11.9. The van der Waals surface area contributed by atoms with Gasteiger partial charge >= 0.3 is 0 Å². The summed E-state index contributed by atoms with van der Waals surface area (Å²) in [7, 11) is 0. The van der Waals surface area contributed by atoms with Gasteiger partial charge in [0, 0.05) is 31.2 Å². The second-order valence-corrected chi connectivity index (χ2v) is 6.76. The first-order chi connectivity index (χ1) is 12.2. The van der Waals surface area contributed by atoms with Gasteiger partial charge < -0.3 is 11.1 Å². The predicted octanol–water partition coefficient (Wildman–Crippen LogP) is 3.83. The van der Waals surface area contributed by atoms with Crippen LogP contribution in [0.2, 0.25) is 0 Å². The summed E-state index contributed by atoms with van der Waals surface area (Å²) in [4.78, 5) is 14.7. The zero-order valence-corrected chi connectivity index (χ0v) is 17.1. The molecule has 1 heterocycles. The van der Waals surface area contributed by atoms with E-state index in [0.717, 1.165) is 37.3 Å². The third-order valence-corrected chi connectivity index (χ3v) is 4.94. The normalized spacial score (nSPS) is 16.2. The van der Waals surface area contributed by atoms with Gasteiger partial charge in [-0.2, -0.15) is 0 Å². The molecule has 3 rings (SSSR count). The number of nitrogens with one attached hydrogen (secondary N) is 1. The van der Waals surface area contributed by atoms with Crippen molar-refractivity contribution in [1.82, 2.24) is 10.2 Å². The number of amides is 1. The van der Waals surface area contributed by atoms with Crippen LogP contribution in [0.15, 0.2) is 54.6 Å². The summed E-state index contributed by atoms with van der Waals surface area (Å²) in [5.74, 6) is 0.106. The molecular formula is C21H29Cl2N3O. The number of likely N-dealkylation sites (tertiary alicyclic amines) is 1. The molecular weight excluding hydrogens is 381 g/mol. The summed E-state index contributed by atoms with van der Waals surface area (Å²) in [5, 5.41) is 3.11. The highest BCUT2D eigenvalue weighted by molar-refractivity contribution is 5.85. The molecule has 148 valence electrons. The number of nitrogens with two attached hydrogens (primary N) is 1. The van der Waals surface area contributed by atoms with E-state index in [1.54, 1.807) is 0 Å². The van der Waals surface area contributed by atoms with Crippen LogP contribution < -0.4 is 11.1 Å². The average molecular weight is 410 g/mol. The summed E-state index contributed by atoms with van der Waals surface area (Å²) < 4.78 is 0. The van der Waals surface area contributed by atoms with Gasteiger partial charge in [0.1, 0.15) is 0 Å². The van der Waals surface area contributed by atoms with E-state index in [9.17, 15) is 4.79 Å². The van der Waals surface area contributed by atoms with E-state index >= 15 is 0 Å². The first kappa shape index (κ1) is 23.3. The van der Waals surface area contributed by atoms with Crippen LogP contribution >= 0.6 is 24.8 Å². The number of rotatable bonds is 7. The molecule has 1 atom stereocenters. The van der Waals surface area contributed by atoms with Gasteiger partial charge in [0.05, 0.1) is 0 Å². The summed E-state index contributed by atoms with van der Waals surface area (Å²) >= 11 is 0. The van der Waals surface area contributed by atoms with Crippen molar-refractivity contribution in [3.05, 3.63) is 65.7 Å². The second-order valence-electron chi connectivity index (χ2n) is 6.76. The number of benzene rings is 2. The molecule has 2 aromatic carbocycles. The monoisotopic (exact) mass is 409 g/mol. The van der Waals surface area contributed by atoms with Gasteiger partial charge in [-0.05, 0) is 43.0 Å². The van der Waals surface area contributed by atoms with E-state index < -0.39 is 0 Å². The number of carbonyl (C=O) groups excluding carboxylic acids is 1. The van der Waals surface area contributed by atoms with Gasteiger partial charge in [0.25, 0.3) is 0 Å². The van der Waals surface area contributed by atoms with Crippen molar-refractivity contribution in [2.45, 2.75) is 38.3 Å². The van der Waals surface area contributed by atoms with Gasteiger partial charge in [-0.3, -0.25) is 9.69 Å². The van der Waals surface area contributed by atoms with Gasteiger partial charge in [-0.25, -0.2) is 0 Å². The molecule has 6 heteroatoms. The molecule has 27 heavy (non-hydrogen) atoms. The lowest BCUT2D eigenvalue weighted by Gasteiger charge is -2.24. The van der Waals surface area contributed by atoms with Crippen LogP contribution in [0.25, 0.3) is 0 Å². The van der Waals surface area contributed by atoms with E-state index in [-0.39, 0.29) is 30.7 Å². The molecule has 1 aliphatic heterocycles. The fourth-order valence-electron chi connectivity index (χ4n) is 3.48. The molecule has 0 saturated carbocycles. The lowest BCUT2D eigenvalue weighted by atomic mass is 10.1. The van der Waals surface area contributed by atoms with Crippen LogP contribution in [0.1, 0.15) is 30.4 Å². The Morgan fingerprint density at radius 2 is 1.78 bits per heavy atom. The number of carbonyl (C=O) groups is 1. The minimum absolute atomic E-state index is 0. The van der Waals surface area contributed by atoms with Gasteiger partial charge in [0.2, 0.25) is 5.91 Å². The minimum Gasteiger partial charge on any atom is -0.399 e. The van der Waals surface area contributed by atoms with Gasteiger partial charge in [-0.1, -0.05) is 48.5 Å². The highest BCUT2D eigenvalue weighted by Crippen LogP contribution is 2.19. The molecule has 0 aliphatic carbocycles. The van der Waals surface area contributed by atoms with Gasteiger partial charge in [0.15, 0.2) is 0 Å². The van der Waals surface area contributed by atoms with Crippen LogP contribution in [-0.4, -0.2) is 29.9 Å². The Hall–Kier alpha value is -1.75. The summed E-state index contributed by atoms with van der Waals surface area (Å²) in [6, 6.07) is 18.7. The van der Waals surface area contributed by atoms with Crippen LogP contribution in [0.3, 0.4) is 0 Å². The molecule has 1 aliphatic rings. The maximum atomic E-state index is 12.2. The first-order valence-electron chi connectivity index (χ1n) is 9.10. The molecule has 1 unspecified atom stereocenters. The van der Waals surface area contributed by atoms with Crippen molar-refractivity contribution < 1.29 is 4.79 Å². The van der Waals surface area contributed by atoms with Crippen molar-refractivity contribution in [3.63, 3.8) is 0 Å². The smallest absolute Gasteiger partial charge is 0.220 e. The Balaban J connectivity index is 0.00000182. The van der Waals surface area contributed by atoms with Crippen LogP contribution in [0, 0.1) is 0 Å². The fourth-order valence-corrected chi connectivity index (χ4v) is 3.48. The first-order valence-corrected chi connectivity index (χ1v) is 9.10. The molecule has 1 fully saturated rings. The topological polar surface area (TPSA) is 58.4 Å². The lowest BCUT2D eigenvalue weighted by molar-refractivity contribution is -0.121. The zero-order chi connectivity index (χ0) is 17.5. The van der Waals surface area contributed by atoms with Crippen LogP contribution in [0.5, 0.6) is 0 Å². The van der Waals surface area contributed by atoms with E-state index in [1.807, 2.05) is 30.3 Å². The predicted molar refractivity (Wildman–Crippen MR) is 117 cm³/mol. The number of hydrogen-bond donors (Lipinski definition) is 2. The molecule has 2 aromatic rings. The molecule has 0 bridgehead atoms. The van der Waals surface area contributed by atoms with E-state index in [1.165, 1.54) is 12.0 Å². The van der Waals surface area contributed by atoms with Crippen molar-refractivity contribution in [2.75, 3.05) is 18.8 Å². The Morgan fingerprint density at radius 3 is 2.52 bits per heavy atom. The molecule has 0 radical (unpaired) electrons. The number of aryl methyl sites for hydroxylation is 1. The number of halogens is 2. The lowest BCUT2D eigenvalue weighted by Crippen LogP contribution is -2.39. The number of para-hydroxylation sites is 1. The Bertz CT molecular complexity index is 697. The highest BCUT2D eigenvalue weighted by atomic mass is 35.5. The largest absolute Gasteiger partial charge is 0.399 e. The van der Waals surface area contributed by atoms with Crippen molar-refractivity contribution in [2.24, 2.45) is 0 Å². The summed E-state index contributed by atoms with van der Waals surface area (Å²) in [5.41, 5.74) is 9.08. The van der Waals surface area contributed by atoms with Crippen molar-refractivity contribution >= 4 is 36.4 Å². The average Bonchev–Trinajstić information content (AvgIpc) is 3.07. The molecule has 1 amide bonds. The maximum absolute atomic E-state index is 12.2. The number of nitrogen functional groups attached to an aromatic ring is 1. The SMILES string of the molecule is Cl.Cl.Nc1ccccc1CCC(=O)NCC1CCCN1Cc1ccccc1. The Morgan fingerprint density at radius 1 is 1.07 bits per heavy atom. The minimum atomic E-state index is 0. The third-order valence-electron chi connectivity index (χ3n) is 4.94. The number of hydrogen-bond acceptors (Lipinski definition) is 3. The molecule has 0 aromatic heterocycles. The summed E-state index contributed by atoms with van der Waals surface area (Å²) in [6.45, 7) is 2.80. The maximum Gasteiger partial charge on any atom is 0.220 e. The zero-order valence-electron chi connectivity index (χ0n) is 15.5. The number of anilines is 1. The Labute approximate surface area is 174 Å². The fraction of sp³-hybridized carbons (Fsp3) is 0.381. The Kier molecular flexibility index (Phi) is 10.2.